The van der Waals surface area contributed by atoms with E-state index in [4.69, 9.17) is 0 Å². The topological polar surface area (TPSA) is 32.3 Å². The molecule has 2 rings (SSSR count). The van der Waals surface area contributed by atoms with E-state index in [0.29, 0.717) is 0 Å². The Balaban J connectivity index is 2.07. The van der Waals surface area contributed by atoms with E-state index in [0.717, 1.165) is 25.8 Å². The van der Waals surface area contributed by atoms with Gasteiger partial charge in [0, 0.05) is 5.54 Å². The number of nitrogens with one attached hydrogen (secondary N) is 1. The Morgan fingerprint density at radius 3 is 2.44 bits per heavy atom. The molecule has 16 heavy (non-hydrogen) atoms. The Morgan fingerprint density at radius 2 is 1.94 bits per heavy atom. The third-order valence-electron chi connectivity index (χ3n) is 3.61. The predicted octanol–water partition coefficient (Wildman–Crippen LogP) is 1.91. The summed E-state index contributed by atoms with van der Waals surface area (Å²) in [6, 6.07) is 8.76. The molecule has 2 nitrogen and oxygen atoms in total. The second kappa shape index (κ2) is 4.98. The Bertz CT molecular complexity index is 325. The van der Waals surface area contributed by atoms with Gasteiger partial charge < -0.3 is 10.4 Å². The van der Waals surface area contributed by atoms with Crippen LogP contribution in [-0.4, -0.2) is 23.8 Å². The summed E-state index contributed by atoms with van der Waals surface area (Å²) in [5.41, 5.74) is 2.63. The number of aliphatic hydroxyl groups is 1. The van der Waals surface area contributed by atoms with Crippen LogP contribution in [0.15, 0.2) is 24.3 Å². The van der Waals surface area contributed by atoms with Gasteiger partial charge in [-0.05, 0) is 43.4 Å². The fourth-order valence-electron chi connectivity index (χ4n) is 2.49. The van der Waals surface area contributed by atoms with Crippen LogP contribution >= 0.6 is 0 Å². The largest absolute Gasteiger partial charge is 0.394 e. The maximum atomic E-state index is 9.52. The minimum atomic E-state index is -0.0618. The highest BCUT2D eigenvalue weighted by Crippen LogP contribution is 2.23. The van der Waals surface area contributed by atoms with Crippen LogP contribution in [-0.2, 0) is 12.8 Å². The number of rotatable bonds is 4. The summed E-state index contributed by atoms with van der Waals surface area (Å²) >= 11 is 0. The van der Waals surface area contributed by atoms with Crippen molar-refractivity contribution >= 4 is 0 Å². The van der Waals surface area contributed by atoms with Crippen LogP contribution in [0.3, 0.4) is 0 Å². The molecule has 0 aliphatic carbocycles. The van der Waals surface area contributed by atoms with Crippen molar-refractivity contribution in [2.24, 2.45) is 0 Å². The quantitative estimate of drug-likeness (QED) is 0.810. The second-order valence-electron chi connectivity index (χ2n) is 4.82. The average molecular weight is 219 g/mol. The highest BCUT2D eigenvalue weighted by atomic mass is 16.3. The van der Waals surface area contributed by atoms with Crippen molar-refractivity contribution in [2.75, 3.05) is 13.2 Å². The van der Waals surface area contributed by atoms with Crippen LogP contribution in [0.2, 0.25) is 0 Å². The molecule has 1 saturated heterocycles. The minimum Gasteiger partial charge on any atom is -0.394 e. The zero-order valence-corrected chi connectivity index (χ0v) is 10.00. The van der Waals surface area contributed by atoms with Gasteiger partial charge in [0.2, 0.25) is 0 Å². The first-order valence-corrected chi connectivity index (χ1v) is 6.22. The average Bonchev–Trinajstić information content (AvgIpc) is 2.79. The molecule has 1 fully saturated rings. The Kier molecular flexibility index (Phi) is 3.62. The Hall–Kier alpha value is -0.860. The molecule has 1 heterocycles. The van der Waals surface area contributed by atoms with Gasteiger partial charge in [-0.2, -0.15) is 0 Å². The number of aliphatic hydroxyl groups excluding tert-OH is 1. The van der Waals surface area contributed by atoms with E-state index in [1.807, 2.05) is 0 Å². The van der Waals surface area contributed by atoms with Crippen LogP contribution in [0, 0.1) is 0 Å². The van der Waals surface area contributed by atoms with Crippen LogP contribution in [0.5, 0.6) is 0 Å². The van der Waals surface area contributed by atoms with Crippen molar-refractivity contribution in [1.29, 1.82) is 0 Å². The molecule has 0 saturated carbocycles. The molecular weight excluding hydrogens is 198 g/mol. The first-order chi connectivity index (χ1) is 7.78. The van der Waals surface area contributed by atoms with Gasteiger partial charge in [-0.3, -0.25) is 0 Å². The number of hydrogen-bond acceptors (Lipinski definition) is 2. The summed E-state index contributed by atoms with van der Waals surface area (Å²) < 4.78 is 0. The summed E-state index contributed by atoms with van der Waals surface area (Å²) in [5.74, 6) is 0. The number of hydrogen-bond donors (Lipinski definition) is 2. The monoisotopic (exact) mass is 219 g/mol. The zero-order valence-electron chi connectivity index (χ0n) is 10.00. The highest BCUT2D eigenvalue weighted by Gasteiger charge is 2.32. The molecule has 0 radical (unpaired) electrons. The van der Waals surface area contributed by atoms with Gasteiger partial charge in [0.25, 0.3) is 0 Å². The van der Waals surface area contributed by atoms with Crippen LogP contribution in [0.4, 0.5) is 0 Å². The molecule has 0 bridgehead atoms. The van der Waals surface area contributed by atoms with Crippen molar-refractivity contribution in [2.45, 2.75) is 38.1 Å². The molecule has 88 valence electrons. The molecule has 2 N–H and O–H groups in total. The van der Waals surface area contributed by atoms with E-state index in [9.17, 15) is 5.11 Å². The summed E-state index contributed by atoms with van der Waals surface area (Å²) in [6.45, 7) is 3.44. The predicted molar refractivity (Wildman–Crippen MR) is 66.6 cm³/mol. The Labute approximate surface area is 97.7 Å². The zero-order chi connectivity index (χ0) is 11.4. The molecule has 1 aliphatic heterocycles. The fraction of sp³-hybridized carbons (Fsp3) is 0.571. The maximum absolute atomic E-state index is 9.52. The molecule has 2 heteroatoms. The van der Waals surface area contributed by atoms with Crippen LogP contribution < -0.4 is 5.32 Å². The van der Waals surface area contributed by atoms with Crippen molar-refractivity contribution in [3.05, 3.63) is 35.4 Å². The van der Waals surface area contributed by atoms with Gasteiger partial charge in [-0.25, -0.2) is 0 Å². The van der Waals surface area contributed by atoms with Crippen molar-refractivity contribution in [3.8, 4) is 0 Å². The third kappa shape index (κ3) is 2.45. The Morgan fingerprint density at radius 1 is 1.25 bits per heavy atom. The molecule has 1 atom stereocenters. The first-order valence-electron chi connectivity index (χ1n) is 6.22. The smallest absolute Gasteiger partial charge is 0.0616 e. The van der Waals surface area contributed by atoms with E-state index in [2.05, 4.69) is 36.5 Å². The van der Waals surface area contributed by atoms with E-state index in [1.54, 1.807) is 0 Å². The second-order valence-corrected chi connectivity index (χ2v) is 4.82. The highest BCUT2D eigenvalue weighted by molar-refractivity contribution is 5.24. The molecule has 1 aromatic rings. The summed E-state index contributed by atoms with van der Waals surface area (Å²) in [5, 5.41) is 13.0. The lowest BCUT2D eigenvalue weighted by molar-refractivity contribution is 0.177. The summed E-state index contributed by atoms with van der Waals surface area (Å²) in [6.07, 6.45) is 4.28. The van der Waals surface area contributed by atoms with Gasteiger partial charge in [-0.1, -0.05) is 31.2 Å². The molecule has 1 unspecified atom stereocenters. The molecular formula is C14H21NO. The minimum absolute atomic E-state index is 0.0618. The molecule has 1 aromatic carbocycles. The van der Waals surface area contributed by atoms with Gasteiger partial charge in [0.1, 0.15) is 0 Å². The third-order valence-corrected chi connectivity index (χ3v) is 3.61. The van der Waals surface area contributed by atoms with Gasteiger partial charge in [0.05, 0.1) is 6.61 Å². The number of benzene rings is 1. The van der Waals surface area contributed by atoms with Gasteiger partial charge in [-0.15, -0.1) is 0 Å². The fourth-order valence-corrected chi connectivity index (χ4v) is 2.49. The molecule has 0 amide bonds. The molecule has 0 aromatic heterocycles. The van der Waals surface area contributed by atoms with E-state index < -0.39 is 0 Å². The van der Waals surface area contributed by atoms with E-state index in [1.165, 1.54) is 17.5 Å². The van der Waals surface area contributed by atoms with Crippen LogP contribution in [0.1, 0.15) is 30.9 Å². The molecule has 1 aliphatic rings. The van der Waals surface area contributed by atoms with Gasteiger partial charge in [0.15, 0.2) is 0 Å². The molecule has 0 spiro atoms. The summed E-state index contributed by atoms with van der Waals surface area (Å²) in [7, 11) is 0. The SMILES string of the molecule is CCc1ccc(CC2(CO)CCCN2)cc1. The van der Waals surface area contributed by atoms with E-state index >= 15 is 0 Å². The normalized spacial score (nSPS) is 24.9. The lowest BCUT2D eigenvalue weighted by Crippen LogP contribution is -2.45. The van der Waals surface area contributed by atoms with Crippen molar-refractivity contribution in [3.63, 3.8) is 0 Å². The van der Waals surface area contributed by atoms with Gasteiger partial charge >= 0.3 is 0 Å². The van der Waals surface area contributed by atoms with Crippen LogP contribution in [0.25, 0.3) is 0 Å². The first kappa shape index (κ1) is 11.6. The van der Waals surface area contributed by atoms with Crippen molar-refractivity contribution in [1.82, 2.24) is 5.32 Å². The maximum Gasteiger partial charge on any atom is 0.0616 e. The van der Waals surface area contributed by atoms with E-state index in [-0.39, 0.29) is 12.1 Å². The standard InChI is InChI=1S/C14H21NO/c1-2-12-4-6-13(7-5-12)10-14(11-16)8-3-9-15-14/h4-7,15-16H,2-3,8-11H2,1H3. The summed E-state index contributed by atoms with van der Waals surface area (Å²) in [4.78, 5) is 0. The number of aryl methyl sites for hydroxylation is 1. The lowest BCUT2D eigenvalue weighted by Gasteiger charge is -2.27. The van der Waals surface area contributed by atoms with Crippen molar-refractivity contribution < 1.29 is 5.11 Å². The lowest BCUT2D eigenvalue weighted by atomic mass is 9.90.